The first-order valence-electron chi connectivity index (χ1n) is 9.79. The van der Waals surface area contributed by atoms with E-state index in [2.05, 4.69) is 49.7 Å². The van der Waals surface area contributed by atoms with Crippen LogP contribution in [0.2, 0.25) is 0 Å². The molecule has 1 amide bonds. The van der Waals surface area contributed by atoms with Gasteiger partial charge < -0.3 is 20.7 Å². The molecule has 3 rings (SSSR count). The molecular formula is C21H32N4O2. The topological polar surface area (TPSA) is 74.8 Å². The zero-order chi connectivity index (χ0) is 19.7. The van der Waals surface area contributed by atoms with Gasteiger partial charge in [0.1, 0.15) is 0 Å². The molecule has 0 bridgehead atoms. The van der Waals surface area contributed by atoms with Crippen LogP contribution in [0, 0.1) is 5.41 Å². The molecule has 3 unspecified atom stereocenters. The second-order valence-corrected chi connectivity index (χ2v) is 8.31. The number of fused-ring (bicyclic) bond motifs is 1. The minimum absolute atomic E-state index is 0.00919. The third-order valence-electron chi connectivity index (χ3n) is 6.51. The molecule has 1 heterocycles. The molecule has 3 N–H and O–H groups in total. The van der Waals surface area contributed by atoms with Crippen LogP contribution in [0.5, 0.6) is 0 Å². The van der Waals surface area contributed by atoms with E-state index in [9.17, 15) is 4.79 Å². The highest BCUT2D eigenvalue weighted by Crippen LogP contribution is 2.51. The van der Waals surface area contributed by atoms with Crippen molar-refractivity contribution in [1.82, 2.24) is 10.6 Å². The Morgan fingerprint density at radius 1 is 1.33 bits per heavy atom. The molecule has 1 aromatic carbocycles. The summed E-state index contributed by atoms with van der Waals surface area (Å²) in [6.07, 6.45) is 1.41. The van der Waals surface area contributed by atoms with Gasteiger partial charge in [0.2, 0.25) is 5.91 Å². The van der Waals surface area contributed by atoms with Crippen LogP contribution < -0.4 is 16.0 Å². The Kier molecular flexibility index (Phi) is 5.47. The third-order valence-corrected chi connectivity index (χ3v) is 6.51. The first-order valence-corrected chi connectivity index (χ1v) is 9.79. The van der Waals surface area contributed by atoms with E-state index in [1.54, 1.807) is 7.11 Å². The molecule has 6 heteroatoms. The van der Waals surface area contributed by atoms with Crippen LogP contribution in [0.3, 0.4) is 0 Å². The summed E-state index contributed by atoms with van der Waals surface area (Å²) in [4.78, 5) is 16.8. The Morgan fingerprint density at radius 3 is 2.74 bits per heavy atom. The van der Waals surface area contributed by atoms with Gasteiger partial charge in [-0.25, -0.2) is 0 Å². The lowest BCUT2D eigenvalue weighted by molar-refractivity contribution is -0.176. The molecule has 1 saturated carbocycles. The fourth-order valence-electron chi connectivity index (χ4n) is 4.07. The maximum Gasteiger partial charge on any atom is 0.225 e. The number of anilines is 1. The molecule has 0 radical (unpaired) electrons. The number of carbonyl (C=O) groups is 1. The minimum atomic E-state index is -0.123. The highest BCUT2D eigenvalue weighted by atomic mass is 16.5. The van der Waals surface area contributed by atoms with Gasteiger partial charge >= 0.3 is 0 Å². The molecule has 148 valence electrons. The summed E-state index contributed by atoms with van der Waals surface area (Å²) < 4.78 is 5.72. The molecule has 0 saturated heterocycles. The zero-order valence-corrected chi connectivity index (χ0v) is 17.1. The van der Waals surface area contributed by atoms with E-state index in [1.807, 2.05) is 18.2 Å². The van der Waals surface area contributed by atoms with Crippen LogP contribution in [-0.4, -0.2) is 43.7 Å². The van der Waals surface area contributed by atoms with Gasteiger partial charge in [0.05, 0.1) is 12.1 Å². The first-order chi connectivity index (χ1) is 12.8. The summed E-state index contributed by atoms with van der Waals surface area (Å²) in [7, 11) is 1.78. The average Bonchev–Trinajstić information content (AvgIpc) is 2.65. The monoisotopic (exact) mass is 372 g/mol. The van der Waals surface area contributed by atoms with Gasteiger partial charge in [-0.15, -0.1) is 0 Å². The third kappa shape index (κ3) is 3.68. The summed E-state index contributed by atoms with van der Waals surface area (Å²) >= 11 is 0. The van der Waals surface area contributed by atoms with Gasteiger partial charge in [0, 0.05) is 43.1 Å². The number of nitrogens with one attached hydrogen (secondary N) is 3. The van der Waals surface area contributed by atoms with E-state index in [0.29, 0.717) is 19.0 Å². The number of hydrogen-bond donors (Lipinski definition) is 3. The fraction of sp³-hybridized carbons (Fsp3) is 0.619. The van der Waals surface area contributed by atoms with E-state index in [4.69, 9.17) is 9.73 Å². The summed E-state index contributed by atoms with van der Waals surface area (Å²) in [6, 6.07) is 8.28. The second kappa shape index (κ2) is 7.50. The standard InChI is InChI=1S/C21H32N4O2/c1-6-22-19(25-17-12-21(4,27-5)20(17,2)3)23-13-14-11-18(26)24-16-10-8-7-9-15(14)16/h7-10,14,17H,6,11-13H2,1-5H3,(H,24,26)(H2,22,23,25). The van der Waals surface area contributed by atoms with Gasteiger partial charge in [-0.1, -0.05) is 32.0 Å². The van der Waals surface area contributed by atoms with E-state index in [1.165, 1.54) is 0 Å². The predicted molar refractivity (Wildman–Crippen MR) is 109 cm³/mol. The summed E-state index contributed by atoms with van der Waals surface area (Å²) in [6.45, 7) is 10.0. The van der Waals surface area contributed by atoms with E-state index in [-0.39, 0.29) is 22.8 Å². The Morgan fingerprint density at radius 2 is 2.07 bits per heavy atom. The van der Waals surface area contributed by atoms with Gasteiger partial charge in [-0.3, -0.25) is 9.79 Å². The number of nitrogens with zero attached hydrogens (tertiary/aromatic N) is 1. The highest BCUT2D eigenvalue weighted by Gasteiger charge is 2.58. The number of guanidine groups is 1. The number of aliphatic imine (C=N–C) groups is 1. The highest BCUT2D eigenvalue weighted by molar-refractivity contribution is 5.94. The van der Waals surface area contributed by atoms with Crippen molar-refractivity contribution in [3.63, 3.8) is 0 Å². The Bertz CT molecular complexity index is 731. The van der Waals surface area contributed by atoms with Gasteiger partial charge in [0.25, 0.3) is 0 Å². The molecule has 27 heavy (non-hydrogen) atoms. The molecular weight excluding hydrogens is 340 g/mol. The van der Waals surface area contributed by atoms with Crippen molar-refractivity contribution < 1.29 is 9.53 Å². The number of hydrogen-bond acceptors (Lipinski definition) is 3. The average molecular weight is 373 g/mol. The van der Waals surface area contributed by atoms with Crippen molar-refractivity contribution in [2.75, 3.05) is 25.5 Å². The van der Waals surface area contributed by atoms with Crippen molar-refractivity contribution in [1.29, 1.82) is 0 Å². The van der Waals surface area contributed by atoms with Gasteiger partial charge in [-0.2, -0.15) is 0 Å². The Balaban J connectivity index is 1.71. The zero-order valence-electron chi connectivity index (χ0n) is 17.1. The number of ether oxygens (including phenoxy) is 1. The maximum atomic E-state index is 12.0. The fourth-order valence-corrected chi connectivity index (χ4v) is 4.07. The van der Waals surface area contributed by atoms with Crippen LogP contribution in [0.15, 0.2) is 29.3 Å². The molecule has 1 aliphatic carbocycles. The molecule has 0 spiro atoms. The first kappa shape index (κ1) is 19.7. The molecule has 6 nitrogen and oxygen atoms in total. The van der Waals surface area contributed by atoms with Crippen molar-refractivity contribution in [2.24, 2.45) is 10.4 Å². The van der Waals surface area contributed by atoms with E-state index < -0.39 is 0 Å². The lowest BCUT2D eigenvalue weighted by Crippen LogP contribution is -2.69. The maximum absolute atomic E-state index is 12.0. The number of methoxy groups -OCH3 is 1. The SMILES string of the molecule is CCNC(=NCC1CC(=O)Nc2ccccc21)NC1CC(C)(OC)C1(C)C. The number of benzene rings is 1. The lowest BCUT2D eigenvalue weighted by Gasteiger charge is -2.59. The summed E-state index contributed by atoms with van der Waals surface area (Å²) in [5, 5.41) is 9.85. The van der Waals surface area contributed by atoms with E-state index >= 15 is 0 Å². The quantitative estimate of drug-likeness (QED) is 0.549. The van der Waals surface area contributed by atoms with Crippen molar-refractivity contribution in [3.05, 3.63) is 29.8 Å². The smallest absolute Gasteiger partial charge is 0.225 e. The van der Waals surface area contributed by atoms with E-state index in [0.717, 1.165) is 30.2 Å². The number of carbonyl (C=O) groups excluding carboxylic acids is 1. The summed E-state index contributed by atoms with van der Waals surface area (Å²) in [5.74, 6) is 0.962. The molecule has 1 aromatic rings. The normalized spacial score (nSPS) is 29.4. The molecule has 0 aromatic heterocycles. The van der Waals surface area contributed by atoms with Crippen LogP contribution in [-0.2, 0) is 9.53 Å². The van der Waals surface area contributed by atoms with Crippen LogP contribution in [0.1, 0.15) is 52.0 Å². The Hall–Kier alpha value is -2.08. The molecule has 3 atom stereocenters. The van der Waals surface area contributed by atoms with Gasteiger partial charge in [0.15, 0.2) is 5.96 Å². The number of amides is 1. The largest absolute Gasteiger partial charge is 0.378 e. The number of para-hydroxylation sites is 1. The summed E-state index contributed by atoms with van der Waals surface area (Å²) in [5.41, 5.74) is 1.95. The minimum Gasteiger partial charge on any atom is -0.378 e. The van der Waals surface area contributed by atoms with Crippen LogP contribution in [0.4, 0.5) is 5.69 Å². The predicted octanol–water partition coefficient (Wildman–Crippen LogP) is 2.87. The molecule has 1 aliphatic heterocycles. The number of rotatable bonds is 5. The second-order valence-electron chi connectivity index (χ2n) is 8.31. The van der Waals surface area contributed by atoms with Crippen molar-refractivity contribution in [3.8, 4) is 0 Å². The van der Waals surface area contributed by atoms with Gasteiger partial charge in [-0.05, 0) is 31.9 Å². The molecule has 1 fully saturated rings. The van der Waals surface area contributed by atoms with Crippen molar-refractivity contribution in [2.45, 2.75) is 58.1 Å². The van der Waals surface area contributed by atoms with Crippen molar-refractivity contribution >= 4 is 17.6 Å². The Labute approximate surface area is 162 Å². The van der Waals surface area contributed by atoms with Crippen LogP contribution >= 0.6 is 0 Å². The lowest BCUT2D eigenvalue weighted by atomic mass is 9.56. The van der Waals surface area contributed by atoms with Crippen LogP contribution in [0.25, 0.3) is 0 Å². The molecule has 2 aliphatic rings.